The minimum atomic E-state index is 0.136. The first-order valence-corrected chi connectivity index (χ1v) is 6.04. The summed E-state index contributed by atoms with van der Waals surface area (Å²) >= 11 is 0. The predicted octanol–water partition coefficient (Wildman–Crippen LogP) is 3.08. The van der Waals surface area contributed by atoms with Crippen LogP contribution in [0.2, 0.25) is 0 Å². The van der Waals surface area contributed by atoms with E-state index in [1.54, 1.807) is 12.1 Å². The van der Waals surface area contributed by atoms with Gasteiger partial charge in [-0.05, 0) is 23.3 Å². The lowest BCUT2D eigenvalue weighted by Crippen LogP contribution is -2.23. The van der Waals surface area contributed by atoms with Gasteiger partial charge in [-0.15, -0.1) is 0 Å². The quantitative estimate of drug-likeness (QED) is 0.849. The van der Waals surface area contributed by atoms with E-state index in [0.29, 0.717) is 13.2 Å². The zero-order valence-electron chi connectivity index (χ0n) is 9.97. The van der Waals surface area contributed by atoms with Crippen molar-refractivity contribution in [2.75, 3.05) is 11.9 Å². The number of benzene rings is 2. The molecule has 3 nitrogen and oxygen atoms in total. The normalized spacial score (nSPS) is 18.1. The first kappa shape index (κ1) is 11.1. The average molecular weight is 241 g/mol. The van der Waals surface area contributed by atoms with Gasteiger partial charge in [-0.3, -0.25) is 0 Å². The molecule has 2 aromatic rings. The number of aromatic hydroxyl groups is 1. The van der Waals surface area contributed by atoms with E-state index in [2.05, 4.69) is 17.4 Å². The van der Waals surface area contributed by atoms with Crippen molar-refractivity contribution in [2.45, 2.75) is 12.6 Å². The average Bonchev–Trinajstić information content (AvgIpc) is 2.39. The number of ether oxygens (including phenoxy) is 1. The number of rotatable bonds is 2. The highest BCUT2D eigenvalue weighted by molar-refractivity contribution is 5.50. The Balaban J connectivity index is 1.86. The second-order valence-electron chi connectivity index (χ2n) is 4.46. The summed E-state index contributed by atoms with van der Waals surface area (Å²) in [7, 11) is 0. The summed E-state index contributed by atoms with van der Waals surface area (Å²) in [4.78, 5) is 0. The highest BCUT2D eigenvalue weighted by Crippen LogP contribution is 2.28. The summed E-state index contributed by atoms with van der Waals surface area (Å²) in [6.07, 6.45) is 0. The molecule has 2 aromatic carbocycles. The van der Waals surface area contributed by atoms with Crippen LogP contribution in [0.1, 0.15) is 17.2 Å². The third-order valence-corrected chi connectivity index (χ3v) is 3.16. The molecule has 18 heavy (non-hydrogen) atoms. The van der Waals surface area contributed by atoms with Crippen LogP contribution in [0.4, 0.5) is 5.69 Å². The molecule has 0 radical (unpaired) electrons. The molecule has 0 fully saturated rings. The topological polar surface area (TPSA) is 41.5 Å². The molecule has 0 saturated carbocycles. The lowest BCUT2D eigenvalue weighted by atomic mass is 9.99. The molecule has 1 aliphatic rings. The van der Waals surface area contributed by atoms with Crippen molar-refractivity contribution in [3.63, 3.8) is 0 Å². The smallest absolute Gasteiger partial charge is 0.117 e. The summed E-state index contributed by atoms with van der Waals surface area (Å²) in [5, 5.41) is 12.9. The van der Waals surface area contributed by atoms with Gasteiger partial charge >= 0.3 is 0 Å². The van der Waals surface area contributed by atoms with Gasteiger partial charge in [0, 0.05) is 11.8 Å². The standard InChI is InChI=1S/C15H15NO2/c17-13-6-3-5-12(8-13)16-15-10-18-9-11-4-1-2-7-14(11)15/h1-8,15-17H,9-10H2. The van der Waals surface area contributed by atoms with E-state index >= 15 is 0 Å². The van der Waals surface area contributed by atoms with Crippen LogP contribution < -0.4 is 5.32 Å². The van der Waals surface area contributed by atoms with Crippen LogP contribution in [0.3, 0.4) is 0 Å². The van der Waals surface area contributed by atoms with E-state index in [9.17, 15) is 5.11 Å². The lowest BCUT2D eigenvalue weighted by Gasteiger charge is -2.27. The summed E-state index contributed by atoms with van der Waals surface area (Å²) in [6, 6.07) is 15.6. The van der Waals surface area contributed by atoms with Gasteiger partial charge in [-0.1, -0.05) is 30.3 Å². The summed E-state index contributed by atoms with van der Waals surface area (Å²) < 4.78 is 5.59. The van der Waals surface area contributed by atoms with Gasteiger partial charge in [0.25, 0.3) is 0 Å². The fourth-order valence-electron chi connectivity index (χ4n) is 2.30. The highest BCUT2D eigenvalue weighted by atomic mass is 16.5. The maximum Gasteiger partial charge on any atom is 0.117 e. The molecule has 1 unspecified atom stereocenters. The van der Waals surface area contributed by atoms with E-state index in [-0.39, 0.29) is 11.8 Å². The SMILES string of the molecule is Oc1cccc(NC2COCc3ccccc32)c1. The second-order valence-corrected chi connectivity index (χ2v) is 4.46. The molecule has 0 aliphatic carbocycles. The Kier molecular flexibility index (Phi) is 2.90. The van der Waals surface area contributed by atoms with Crippen molar-refractivity contribution in [3.05, 3.63) is 59.7 Å². The molecule has 0 aromatic heterocycles. The van der Waals surface area contributed by atoms with Crippen molar-refractivity contribution in [1.82, 2.24) is 0 Å². The molecule has 1 heterocycles. The minimum Gasteiger partial charge on any atom is -0.508 e. The minimum absolute atomic E-state index is 0.136. The van der Waals surface area contributed by atoms with Gasteiger partial charge in [0.1, 0.15) is 5.75 Å². The molecule has 2 N–H and O–H groups in total. The van der Waals surface area contributed by atoms with Crippen molar-refractivity contribution in [3.8, 4) is 5.75 Å². The number of nitrogens with one attached hydrogen (secondary N) is 1. The van der Waals surface area contributed by atoms with E-state index in [1.165, 1.54) is 11.1 Å². The maximum absolute atomic E-state index is 9.47. The Morgan fingerprint density at radius 3 is 2.89 bits per heavy atom. The zero-order valence-corrected chi connectivity index (χ0v) is 9.97. The first-order chi connectivity index (χ1) is 8.83. The Morgan fingerprint density at radius 1 is 1.11 bits per heavy atom. The van der Waals surface area contributed by atoms with Crippen LogP contribution in [0, 0.1) is 0 Å². The molecule has 0 spiro atoms. The number of fused-ring (bicyclic) bond motifs is 1. The first-order valence-electron chi connectivity index (χ1n) is 6.04. The van der Waals surface area contributed by atoms with E-state index in [4.69, 9.17) is 4.74 Å². The van der Waals surface area contributed by atoms with Crippen LogP contribution >= 0.6 is 0 Å². The van der Waals surface area contributed by atoms with Crippen LogP contribution in [0.25, 0.3) is 0 Å². The van der Waals surface area contributed by atoms with Gasteiger partial charge in [-0.2, -0.15) is 0 Å². The molecule has 1 atom stereocenters. The second kappa shape index (κ2) is 4.70. The van der Waals surface area contributed by atoms with Crippen molar-refractivity contribution in [1.29, 1.82) is 0 Å². The number of hydrogen-bond acceptors (Lipinski definition) is 3. The van der Waals surface area contributed by atoms with Crippen LogP contribution in [-0.4, -0.2) is 11.7 Å². The van der Waals surface area contributed by atoms with Crippen molar-refractivity contribution < 1.29 is 9.84 Å². The summed E-state index contributed by atoms with van der Waals surface area (Å²) in [5.41, 5.74) is 3.40. The summed E-state index contributed by atoms with van der Waals surface area (Å²) in [5.74, 6) is 0.269. The highest BCUT2D eigenvalue weighted by Gasteiger charge is 2.19. The zero-order chi connectivity index (χ0) is 12.4. The van der Waals surface area contributed by atoms with Crippen molar-refractivity contribution >= 4 is 5.69 Å². The molecule has 0 saturated heterocycles. The van der Waals surface area contributed by atoms with Crippen LogP contribution in [0.15, 0.2) is 48.5 Å². The Bertz CT molecular complexity index is 554. The monoisotopic (exact) mass is 241 g/mol. The van der Waals surface area contributed by atoms with Crippen LogP contribution in [0.5, 0.6) is 5.75 Å². The molecular formula is C15H15NO2. The largest absolute Gasteiger partial charge is 0.508 e. The van der Waals surface area contributed by atoms with E-state index in [0.717, 1.165) is 5.69 Å². The van der Waals surface area contributed by atoms with E-state index in [1.807, 2.05) is 24.3 Å². The Morgan fingerprint density at radius 2 is 2.00 bits per heavy atom. The number of hydrogen-bond donors (Lipinski definition) is 2. The maximum atomic E-state index is 9.47. The van der Waals surface area contributed by atoms with Gasteiger partial charge in [-0.25, -0.2) is 0 Å². The molecule has 3 rings (SSSR count). The van der Waals surface area contributed by atoms with Crippen LogP contribution in [-0.2, 0) is 11.3 Å². The fraction of sp³-hybridized carbons (Fsp3) is 0.200. The Labute approximate surface area is 106 Å². The molecule has 0 bridgehead atoms. The lowest BCUT2D eigenvalue weighted by molar-refractivity contribution is 0.0970. The third-order valence-electron chi connectivity index (χ3n) is 3.16. The van der Waals surface area contributed by atoms with Gasteiger partial charge < -0.3 is 15.2 Å². The summed E-state index contributed by atoms with van der Waals surface area (Å²) in [6.45, 7) is 1.32. The van der Waals surface area contributed by atoms with Gasteiger partial charge in [0.15, 0.2) is 0 Å². The molecular weight excluding hydrogens is 226 g/mol. The number of anilines is 1. The van der Waals surface area contributed by atoms with E-state index < -0.39 is 0 Å². The molecule has 92 valence electrons. The molecule has 3 heteroatoms. The predicted molar refractivity (Wildman–Crippen MR) is 70.6 cm³/mol. The Hall–Kier alpha value is -2.00. The number of phenolic OH excluding ortho intramolecular Hbond substituents is 1. The van der Waals surface area contributed by atoms with Gasteiger partial charge in [0.05, 0.1) is 19.3 Å². The van der Waals surface area contributed by atoms with Gasteiger partial charge in [0.2, 0.25) is 0 Å². The van der Waals surface area contributed by atoms with Crippen molar-refractivity contribution in [2.24, 2.45) is 0 Å². The number of phenols is 1. The third kappa shape index (κ3) is 2.17. The fourth-order valence-corrected chi connectivity index (χ4v) is 2.30. The molecule has 0 amide bonds. The molecule has 1 aliphatic heterocycles.